The fourth-order valence-electron chi connectivity index (χ4n) is 1.11. The van der Waals surface area contributed by atoms with Crippen LogP contribution in [0.3, 0.4) is 0 Å². The minimum atomic E-state index is 1.06. The van der Waals surface area contributed by atoms with Gasteiger partial charge in [-0.3, -0.25) is 4.99 Å². The highest BCUT2D eigenvalue weighted by atomic mass is 16.5. The van der Waals surface area contributed by atoms with Gasteiger partial charge < -0.3 is 4.74 Å². The van der Waals surface area contributed by atoms with Crippen LogP contribution in [0.25, 0.3) is 0 Å². The Labute approximate surface area is 61.6 Å². The maximum Gasteiger partial charge on any atom is 0.0973 e. The molecule has 0 heterocycles. The van der Waals surface area contributed by atoms with Crippen molar-refractivity contribution in [1.29, 1.82) is 0 Å². The number of ether oxygens (including phenoxy) is 1. The van der Waals surface area contributed by atoms with E-state index in [1.54, 1.807) is 7.11 Å². The summed E-state index contributed by atoms with van der Waals surface area (Å²) in [4.78, 5) is 4.11. The number of rotatable bonds is 1. The van der Waals surface area contributed by atoms with Crippen molar-refractivity contribution < 1.29 is 4.74 Å². The molecule has 0 fully saturated rings. The van der Waals surface area contributed by atoms with Crippen LogP contribution >= 0.6 is 0 Å². The molecule has 0 atom stereocenters. The molecule has 2 heteroatoms. The largest absolute Gasteiger partial charge is 0.501 e. The van der Waals surface area contributed by atoms with Crippen LogP contribution in [-0.2, 0) is 4.74 Å². The van der Waals surface area contributed by atoms with Crippen molar-refractivity contribution in [2.24, 2.45) is 4.99 Å². The van der Waals surface area contributed by atoms with Gasteiger partial charge in [0.2, 0.25) is 0 Å². The summed E-state index contributed by atoms with van der Waals surface area (Å²) in [5, 5.41) is 0. The summed E-state index contributed by atoms with van der Waals surface area (Å²) in [6.07, 6.45) is 5.37. The number of methoxy groups -OCH3 is 1. The van der Waals surface area contributed by atoms with Crippen molar-refractivity contribution in [2.75, 3.05) is 14.2 Å². The molecular formula is C8H13NO. The van der Waals surface area contributed by atoms with Crippen molar-refractivity contribution >= 4 is 5.71 Å². The summed E-state index contributed by atoms with van der Waals surface area (Å²) < 4.78 is 5.10. The van der Waals surface area contributed by atoms with Gasteiger partial charge in [0.15, 0.2) is 0 Å². The van der Waals surface area contributed by atoms with Crippen LogP contribution in [0.1, 0.15) is 19.3 Å². The molecule has 0 spiro atoms. The van der Waals surface area contributed by atoms with Gasteiger partial charge in [-0.25, -0.2) is 0 Å². The molecule has 0 aromatic carbocycles. The third kappa shape index (κ3) is 1.59. The second-order valence-electron chi connectivity index (χ2n) is 2.38. The fraction of sp³-hybridized carbons (Fsp3) is 0.625. The van der Waals surface area contributed by atoms with E-state index in [0.29, 0.717) is 0 Å². The molecule has 2 nitrogen and oxygen atoms in total. The lowest BCUT2D eigenvalue weighted by atomic mass is 10.0. The Morgan fingerprint density at radius 3 is 2.90 bits per heavy atom. The zero-order valence-corrected chi connectivity index (χ0v) is 6.55. The normalized spacial score (nSPS) is 22.6. The molecule has 1 rings (SSSR count). The van der Waals surface area contributed by atoms with Gasteiger partial charge in [-0.1, -0.05) is 0 Å². The molecule has 56 valence electrons. The van der Waals surface area contributed by atoms with Gasteiger partial charge in [0.1, 0.15) is 0 Å². The van der Waals surface area contributed by atoms with E-state index in [9.17, 15) is 0 Å². The van der Waals surface area contributed by atoms with Crippen molar-refractivity contribution in [1.82, 2.24) is 0 Å². The Balaban J connectivity index is 2.66. The van der Waals surface area contributed by atoms with Crippen LogP contribution in [0.15, 0.2) is 16.8 Å². The van der Waals surface area contributed by atoms with Crippen LogP contribution in [0.2, 0.25) is 0 Å². The monoisotopic (exact) mass is 139 g/mol. The van der Waals surface area contributed by atoms with E-state index in [-0.39, 0.29) is 0 Å². The maximum atomic E-state index is 5.10. The molecule has 0 unspecified atom stereocenters. The number of nitrogens with zero attached hydrogens (tertiary/aromatic N) is 1. The van der Waals surface area contributed by atoms with Crippen molar-refractivity contribution in [2.45, 2.75) is 19.3 Å². The standard InChI is InChI=1S/C8H13NO/c1-9-7-4-3-5-8(6-7)10-2/h6H,3-5H2,1-2H3. The fourth-order valence-corrected chi connectivity index (χ4v) is 1.11. The van der Waals surface area contributed by atoms with Crippen molar-refractivity contribution in [3.63, 3.8) is 0 Å². The first-order valence-corrected chi connectivity index (χ1v) is 3.57. The van der Waals surface area contributed by atoms with Crippen LogP contribution in [0.5, 0.6) is 0 Å². The molecule has 1 aliphatic carbocycles. The number of hydrogen-bond acceptors (Lipinski definition) is 2. The summed E-state index contributed by atoms with van der Waals surface area (Å²) in [6, 6.07) is 0. The van der Waals surface area contributed by atoms with Gasteiger partial charge in [0.25, 0.3) is 0 Å². The molecular weight excluding hydrogens is 126 g/mol. The number of hydrogen-bond donors (Lipinski definition) is 0. The van der Waals surface area contributed by atoms with Gasteiger partial charge in [-0.2, -0.15) is 0 Å². The minimum Gasteiger partial charge on any atom is -0.501 e. The summed E-state index contributed by atoms with van der Waals surface area (Å²) in [6.45, 7) is 0. The highest BCUT2D eigenvalue weighted by molar-refractivity contribution is 5.95. The molecule has 0 N–H and O–H groups in total. The second-order valence-corrected chi connectivity index (χ2v) is 2.38. The van der Waals surface area contributed by atoms with Crippen molar-refractivity contribution in [3.8, 4) is 0 Å². The molecule has 0 saturated heterocycles. The molecule has 0 radical (unpaired) electrons. The highest BCUT2D eigenvalue weighted by Gasteiger charge is 2.06. The molecule has 10 heavy (non-hydrogen) atoms. The predicted octanol–water partition coefficient (Wildman–Crippen LogP) is 1.77. The number of aliphatic imine (C=N–C) groups is 1. The first-order chi connectivity index (χ1) is 4.86. The Kier molecular flexibility index (Phi) is 2.49. The van der Waals surface area contributed by atoms with E-state index in [0.717, 1.165) is 24.3 Å². The zero-order valence-electron chi connectivity index (χ0n) is 6.55. The Morgan fingerprint density at radius 1 is 1.50 bits per heavy atom. The van der Waals surface area contributed by atoms with Crippen LogP contribution in [-0.4, -0.2) is 19.9 Å². The van der Waals surface area contributed by atoms with E-state index in [2.05, 4.69) is 4.99 Å². The average Bonchev–Trinajstić information content (AvgIpc) is 2.05. The molecule has 0 bridgehead atoms. The van der Waals surface area contributed by atoms with E-state index >= 15 is 0 Å². The van der Waals surface area contributed by atoms with Gasteiger partial charge >= 0.3 is 0 Å². The van der Waals surface area contributed by atoms with E-state index in [4.69, 9.17) is 4.74 Å². The summed E-state index contributed by atoms with van der Waals surface area (Å²) in [5.41, 5.74) is 1.16. The molecule has 0 saturated carbocycles. The van der Waals surface area contributed by atoms with E-state index in [1.165, 1.54) is 6.42 Å². The minimum absolute atomic E-state index is 1.06. The number of allylic oxidation sites excluding steroid dienone is 2. The Morgan fingerprint density at radius 2 is 2.30 bits per heavy atom. The lowest BCUT2D eigenvalue weighted by Gasteiger charge is -2.11. The zero-order chi connectivity index (χ0) is 7.40. The van der Waals surface area contributed by atoms with Gasteiger partial charge in [0, 0.05) is 19.2 Å². The maximum absolute atomic E-state index is 5.10. The van der Waals surface area contributed by atoms with E-state index < -0.39 is 0 Å². The van der Waals surface area contributed by atoms with Crippen LogP contribution in [0.4, 0.5) is 0 Å². The molecule has 0 aromatic heterocycles. The quantitative estimate of drug-likeness (QED) is 0.542. The third-order valence-corrected chi connectivity index (χ3v) is 1.73. The van der Waals surface area contributed by atoms with Gasteiger partial charge in [-0.05, 0) is 18.9 Å². The Hall–Kier alpha value is -0.790. The lowest BCUT2D eigenvalue weighted by Crippen LogP contribution is -2.03. The molecule has 1 aliphatic rings. The van der Waals surface area contributed by atoms with Gasteiger partial charge in [-0.15, -0.1) is 0 Å². The second kappa shape index (κ2) is 3.40. The molecule has 0 amide bonds. The van der Waals surface area contributed by atoms with Crippen molar-refractivity contribution in [3.05, 3.63) is 11.8 Å². The summed E-state index contributed by atoms with van der Waals surface area (Å²) in [5.74, 6) is 1.06. The van der Waals surface area contributed by atoms with E-state index in [1.807, 2.05) is 13.1 Å². The molecule has 0 aliphatic heterocycles. The van der Waals surface area contributed by atoms with Crippen LogP contribution in [0, 0.1) is 0 Å². The first-order valence-electron chi connectivity index (χ1n) is 3.57. The smallest absolute Gasteiger partial charge is 0.0973 e. The van der Waals surface area contributed by atoms with Gasteiger partial charge in [0.05, 0.1) is 12.9 Å². The lowest BCUT2D eigenvalue weighted by molar-refractivity contribution is 0.274. The average molecular weight is 139 g/mol. The summed E-state index contributed by atoms with van der Waals surface area (Å²) >= 11 is 0. The highest BCUT2D eigenvalue weighted by Crippen LogP contribution is 2.15. The summed E-state index contributed by atoms with van der Waals surface area (Å²) in [7, 11) is 3.54. The molecule has 0 aromatic rings. The predicted molar refractivity (Wildman–Crippen MR) is 42.3 cm³/mol. The topological polar surface area (TPSA) is 21.6 Å². The third-order valence-electron chi connectivity index (χ3n) is 1.73. The van der Waals surface area contributed by atoms with Crippen LogP contribution < -0.4 is 0 Å². The first kappa shape index (κ1) is 7.32. The Bertz CT molecular complexity index is 170. The SMILES string of the molecule is CN=C1C=C(OC)CCC1.